The van der Waals surface area contributed by atoms with E-state index in [-0.39, 0.29) is 0 Å². The first kappa shape index (κ1) is 12.6. The predicted octanol–water partition coefficient (Wildman–Crippen LogP) is 3.59. The zero-order valence-electron chi connectivity index (χ0n) is 9.79. The molecule has 2 heterocycles. The van der Waals surface area contributed by atoms with E-state index in [0.29, 0.717) is 15.9 Å². The summed E-state index contributed by atoms with van der Waals surface area (Å²) in [5.41, 5.74) is 1.45. The number of aromatic nitrogens is 2. The molecular weight excluding hydrogens is 275 g/mol. The largest absolute Gasteiger partial charge is 0.366 e. The van der Waals surface area contributed by atoms with Crippen molar-refractivity contribution in [3.63, 3.8) is 0 Å². The molecule has 0 saturated heterocycles. The van der Waals surface area contributed by atoms with E-state index in [4.69, 9.17) is 27.7 Å². The van der Waals surface area contributed by atoms with Crippen LogP contribution in [0.3, 0.4) is 0 Å². The van der Waals surface area contributed by atoms with Crippen LogP contribution in [0.2, 0.25) is 29.8 Å². The van der Waals surface area contributed by atoms with Gasteiger partial charge in [0.15, 0.2) is 0 Å². The van der Waals surface area contributed by atoms with Gasteiger partial charge in [0.05, 0.1) is 5.02 Å². The van der Waals surface area contributed by atoms with Gasteiger partial charge in [-0.05, 0) is 6.07 Å². The highest BCUT2D eigenvalue weighted by atomic mass is 35.5. The van der Waals surface area contributed by atoms with Crippen molar-refractivity contribution in [3.05, 3.63) is 28.5 Å². The second-order valence-corrected chi connectivity index (χ2v) is 10.6. The summed E-state index contributed by atoms with van der Waals surface area (Å²) in [5, 5.41) is 5.88. The first-order valence-corrected chi connectivity index (χ1v) is 9.42. The van der Waals surface area contributed by atoms with Gasteiger partial charge in [-0.3, -0.25) is 0 Å². The summed E-state index contributed by atoms with van der Waals surface area (Å²) in [7, 11) is -1.49. The fourth-order valence-corrected chi connectivity index (χ4v) is 2.70. The molecule has 0 aliphatic heterocycles. The molecule has 2 aromatic heterocycles. The van der Waals surface area contributed by atoms with Gasteiger partial charge in [0.2, 0.25) is 0 Å². The second-order valence-electron chi connectivity index (χ2n) is 4.81. The minimum absolute atomic E-state index is 0.368. The van der Waals surface area contributed by atoms with E-state index in [0.717, 1.165) is 10.9 Å². The molecule has 0 aliphatic carbocycles. The minimum Gasteiger partial charge on any atom is -0.366 e. The van der Waals surface area contributed by atoms with Gasteiger partial charge in [-0.25, -0.2) is 4.98 Å². The Morgan fingerprint density at radius 3 is 2.41 bits per heavy atom. The normalized spacial score (nSPS) is 11.8. The van der Waals surface area contributed by atoms with Gasteiger partial charge < -0.3 is 4.52 Å². The molecule has 0 N–H and O–H groups in total. The highest BCUT2D eigenvalue weighted by Crippen LogP contribution is 2.27. The molecule has 0 radical (unpaired) electrons. The number of rotatable bonds is 2. The molecule has 0 bridgehead atoms. The number of pyridine rings is 1. The molecule has 90 valence electrons. The Hall–Kier alpha value is -0.843. The molecular formula is C11H12Cl2N2OSi. The molecule has 3 nitrogen and oxygen atoms in total. The van der Waals surface area contributed by atoms with Crippen LogP contribution in [0, 0.1) is 0 Å². The lowest BCUT2D eigenvalue weighted by Crippen LogP contribution is -2.36. The van der Waals surface area contributed by atoms with Crippen molar-refractivity contribution in [2.45, 2.75) is 19.6 Å². The Labute approximate surface area is 111 Å². The van der Waals surface area contributed by atoms with E-state index in [1.807, 2.05) is 6.07 Å². The van der Waals surface area contributed by atoms with Crippen LogP contribution in [0.25, 0.3) is 11.3 Å². The van der Waals surface area contributed by atoms with Gasteiger partial charge in [0.25, 0.3) is 0 Å². The van der Waals surface area contributed by atoms with Crippen molar-refractivity contribution in [1.29, 1.82) is 0 Å². The Balaban J connectivity index is 2.44. The quantitative estimate of drug-likeness (QED) is 0.626. The smallest absolute Gasteiger partial charge is 0.130 e. The maximum Gasteiger partial charge on any atom is 0.130 e. The zero-order valence-corrected chi connectivity index (χ0v) is 12.3. The Morgan fingerprint density at radius 1 is 1.18 bits per heavy atom. The lowest BCUT2D eigenvalue weighted by atomic mass is 10.2. The van der Waals surface area contributed by atoms with Crippen LogP contribution in [0.4, 0.5) is 0 Å². The molecule has 6 heteroatoms. The molecule has 2 rings (SSSR count). The summed E-state index contributed by atoms with van der Waals surface area (Å²) >= 11 is 11.8. The Bertz CT molecular complexity index is 549. The molecule has 2 aromatic rings. The fourth-order valence-electron chi connectivity index (χ4n) is 1.35. The van der Waals surface area contributed by atoms with Gasteiger partial charge in [0.1, 0.15) is 24.3 Å². The molecule has 0 spiro atoms. The maximum atomic E-state index is 6.09. The summed E-state index contributed by atoms with van der Waals surface area (Å²) in [6.07, 6.45) is 1.61. The third kappa shape index (κ3) is 2.70. The molecule has 0 atom stereocenters. The van der Waals surface area contributed by atoms with Gasteiger partial charge in [-0.15, -0.1) is 0 Å². The fraction of sp³-hybridized carbons (Fsp3) is 0.273. The van der Waals surface area contributed by atoms with Crippen LogP contribution in [0.1, 0.15) is 0 Å². The van der Waals surface area contributed by atoms with E-state index in [1.165, 1.54) is 0 Å². The molecule has 0 unspecified atom stereocenters. The summed E-state index contributed by atoms with van der Waals surface area (Å²) in [6, 6.07) is 3.53. The second kappa shape index (κ2) is 4.44. The summed E-state index contributed by atoms with van der Waals surface area (Å²) in [4.78, 5) is 4.00. The average molecular weight is 287 g/mol. The topological polar surface area (TPSA) is 38.9 Å². The first-order valence-electron chi connectivity index (χ1n) is 5.16. The lowest BCUT2D eigenvalue weighted by Gasteiger charge is -2.08. The van der Waals surface area contributed by atoms with Gasteiger partial charge in [-0.1, -0.05) is 48.0 Å². The van der Waals surface area contributed by atoms with E-state index < -0.39 is 8.07 Å². The van der Waals surface area contributed by atoms with Crippen LogP contribution in [0.15, 0.2) is 22.9 Å². The molecule has 0 amide bonds. The summed E-state index contributed by atoms with van der Waals surface area (Å²) in [6.45, 7) is 6.58. The number of nitrogens with zero attached hydrogens (tertiary/aromatic N) is 2. The van der Waals surface area contributed by atoms with Crippen molar-refractivity contribution >= 4 is 36.7 Å². The third-order valence-corrected chi connectivity index (χ3v) is 4.58. The minimum atomic E-state index is -1.49. The molecule has 0 aliphatic rings. The Kier molecular flexibility index (Phi) is 3.29. The molecule has 17 heavy (non-hydrogen) atoms. The number of hydrogen-bond donors (Lipinski definition) is 0. The van der Waals surface area contributed by atoms with E-state index in [1.54, 1.807) is 12.3 Å². The molecule has 0 fully saturated rings. The van der Waals surface area contributed by atoms with Crippen molar-refractivity contribution in [3.8, 4) is 11.3 Å². The van der Waals surface area contributed by atoms with Gasteiger partial charge in [-0.2, -0.15) is 0 Å². The van der Waals surface area contributed by atoms with Crippen LogP contribution in [-0.2, 0) is 0 Å². The van der Waals surface area contributed by atoms with Crippen molar-refractivity contribution in [2.75, 3.05) is 0 Å². The monoisotopic (exact) mass is 286 g/mol. The zero-order chi connectivity index (χ0) is 12.6. The average Bonchev–Trinajstić information content (AvgIpc) is 2.65. The number of hydrogen-bond acceptors (Lipinski definition) is 3. The molecule has 0 aromatic carbocycles. The van der Waals surface area contributed by atoms with Gasteiger partial charge in [0, 0.05) is 17.8 Å². The summed E-state index contributed by atoms with van der Waals surface area (Å²) < 4.78 is 5.36. The standard InChI is InChI=1S/C11H12Cl2N2OSi/c1-17(2,3)11-5-9(15-16-11)7-6-14-10(13)4-8(7)12/h4-6H,1-3H3. The van der Waals surface area contributed by atoms with Crippen molar-refractivity contribution in [1.82, 2.24) is 10.1 Å². The molecule has 0 saturated carbocycles. The third-order valence-electron chi connectivity index (χ3n) is 2.35. The SMILES string of the molecule is C[Si](C)(C)c1cc(-c2cnc(Cl)cc2Cl)no1. The predicted molar refractivity (Wildman–Crippen MR) is 72.7 cm³/mol. The highest BCUT2D eigenvalue weighted by molar-refractivity contribution is 6.87. The van der Waals surface area contributed by atoms with E-state index in [9.17, 15) is 0 Å². The van der Waals surface area contributed by atoms with Crippen LogP contribution < -0.4 is 5.38 Å². The van der Waals surface area contributed by atoms with Crippen molar-refractivity contribution in [2.24, 2.45) is 0 Å². The summed E-state index contributed by atoms with van der Waals surface area (Å²) in [5.74, 6) is 0. The van der Waals surface area contributed by atoms with Gasteiger partial charge >= 0.3 is 0 Å². The highest BCUT2D eigenvalue weighted by Gasteiger charge is 2.23. The van der Waals surface area contributed by atoms with Crippen LogP contribution in [0.5, 0.6) is 0 Å². The first-order chi connectivity index (χ1) is 7.88. The Morgan fingerprint density at radius 2 is 1.88 bits per heavy atom. The van der Waals surface area contributed by atoms with Crippen LogP contribution in [-0.4, -0.2) is 18.2 Å². The maximum absolute atomic E-state index is 6.09. The van der Waals surface area contributed by atoms with Crippen molar-refractivity contribution < 1.29 is 4.52 Å². The lowest BCUT2D eigenvalue weighted by molar-refractivity contribution is 0.446. The number of halogens is 2. The van der Waals surface area contributed by atoms with E-state index in [2.05, 4.69) is 29.8 Å². The van der Waals surface area contributed by atoms with Crippen LogP contribution >= 0.6 is 23.2 Å². The van der Waals surface area contributed by atoms with E-state index >= 15 is 0 Å².